The molecular weight excluding hydrogens is 364 g/mol. The fourth-order valence-electron chi connectivity index (χ4n) is 4.17. The molecule has 2 N–H and O–H groups in total. The number of rotatable bonds is 12. The zero-order chi connectivity index (χ0) is 21.1. The summed E-state index contributed by atoms with van der Waals surface area (Å²) in [5.74, 6) is 2.83. The Morgan fingerprint density at radius 2 is 1.86 bits per heavy atom. The van der Waals surface area contributed by atoms with E-state index in [9.17, 15) is 4.79 Å². The summed E-state index contributed by atoms with van der Waals surface area (Å²) in [6.07, 6.45) is 9.05. The van der Waals surface area contributed by atoms with Crippen LogP contribution in [0.15, 0.2) is 18.2 Å². The van der Waals surface area contributed by atoms with Crippen LogP contribution in [0.25, 0.3) is 0 Å². The Hall–Kier alpha value is -1.75. The fourth-order valence-corrected chi connectivity index (χ4v) is 4.17. The van der Waals surface area contributed by atoms with Crippen LogP contribution >= 0.6 is 0 Å². The highest BCUT2D eigenvalue weighted by Crippen LogP contribution is 2.30. The van der Waals surface area contributed by atoms with Crippen molar-refractivity contribution in [2.24, 2.45) is 11.8 Å². The lowest BCUT2D eigenvalue weighted by Crippen LogP contribution is -2.40. The minimum atomic E-state index is 0.107. The third-order valence-electron chi connectivity index (χ3n) is 6.33. The molecule has 1 aliphatic carbocycles. The molecule has 0 bridgehead atoms. The van der Waals surface area contributed by atoms with E-state index in [1.165, 1.54) is 32.1 Å². The lowest BCUT2D eigenvalue weighted by molar-refractivity contribution is -0.121. The lowest BCUT2D eigenvalue weighted by Gasteiger charge is -2.31. The Morgan fingerprint density at radius 3 is 2.48 bits per heavy atom. The van der Waals surface area contributed by atoms with Gasteiger partial charge in [0.25, 0.3) is 0 Å². The number of amides is 1. The van der Waals surface area contributed by atoms with E-state index in [1.54, 1.807) is 14.2 Å². The lowest BCUT2D eigenvalue weighted by atomic mass is 9.82. The predicted octanol–water partition coefficient (Wildman–Crippen LogP) is 4.68. The summed E-state index contributed by atoms with van der Waals surface area (Å²) in [7, 11) is 3.40. The first-order valence-electron chi connectivity index (χ1n) is 11.3. The zero-order valence-corrected chi connectivity index (χ0v) is 18.8. The molecule has 1 saturated carbocycles. The first-order chi connectivity index (χ1) is 14.1. The summed E-state index contributed by atoms with van der Waals surface area (Å²) in [5.41, 5.74) is 1.15. The number of nitrogens with one attached hydrogen (secondary N) is 2. The molecule has 0 saturated heterocycles. The van der Waals surface area contributed by atoms with Crippen LogP contribution in [0.3, 0.4) is 0 Å². The Kier molecular flexibility index (Phi) is 10.3. The summed E-state index contributed by atoms with van der Waals surface area (Å²) in [4.78, 5) is 12.0. The Bertz CT molecular complexity index is 610. The highest BCUT2D eigenvalue weighted by molar-refractivity contribution is 5.76. The molecule has 1 fully saturated rings. The zero-order valence-electron chi connectivity index (χ0n) is 18.8. The Labute approximate surface area is 176 Å². The van der Waals surface area contributed by atoms with Gasteiger partial charge in [0.15, 0.2) is 11.5 Å². The average molecular weight is 405 g/mol. The third kappa shape index (κ3) is 7.54. The summed E-state index contributed by atoms with van der Waals surface area (Å²) in [5, 5.41) is 6.43. The molecule has 29 heavy (non-hydrogen) atoms. The molecule has 1 aromatic carbocycles. The molecule has 1 aliphatic rings. The van der Waals surface area contributed by atoms with Crippen molar-refractivity contribution in [2.75, 3.05) is 20.8 Å². The number of carbonyl (C=O) groups excluding carboxylic acids is 1. The second-order valence-electron chi connectivity index (χ2n) is 8.24. The standard InChI is InChI=1S/C24H40N2O3/c1-5-18(6-2)17-29-22-13-12-19(14-23(22)28-4)16-26-21(15-24(27)25-3)20-10-8-7-9-11-20/h12-14,18,20-21,26H,5-11,15-17H2,1-4H3,(H,25,27). The Balaban J connectivity index is 1.99. The van der Waals surface area contributed by atoms with Crippen molar-refractivity contribution < 1.29 is 14.3 Å². The predicted molar refractivity (Wildman–Crippen MR) is 118 cm³/mol. The minimum Gasteiger partial charge on any atom is -0.493 e. The molecule has 164 valence electrons. The quantitative estimate of drug-likeness (QED) is 0.531. The highest BCUT2D eigenvalue weighted by atomic mass is 16.5. The van der Waals surface area contributed by atoms with Crippen molar-refractivity contribution in [2.45, 2.75) is 77.8 Å². The number of hydrogen-bond donors (Lipinski definition) is 2. The molecule has 5 nitrogen and oxygen atoms in total. The molecule has 0 spiro atoms. The molecule has 5 heteroatoms. The largest absolute Gasteiger partial charge is 0.493 e. The van der Waals surface area contributed by atoms with E-state index in [1.807, 2.05) is 12.1 Å². The van der Waals surface area contributed by atoms with Crippen LogP contribution in [-0.4, -0.2) is 32.7 Å². The summed E-state index contributed by atoms with van der Waals surface area (Å²) in [6, 6.07) is 6.36. The minimum absolute atomic E-state index is 0.107. The summed E-state index contributed by atoms with van der Waals surface area (Å²) < 4.78 is 11.6. The number of benzene rings is 1. The van der Waals surface area contributed by atoms with Gasteiger partial charge in [-0.25, -0.2) is 0 Å². The molecule has 0 heterocycles. The molecular formula is C24H40N2O3. The van der Waals surface area contributed by atoms with E-state index in [2.05, 4.69) is 30.5 Å². The fraction of sp³-hybridized carbons (Fsp3) is 0.708. The molecule has 0 aromatic heterocycles. The second-order valence-corrected chi connectivity index (χ2v) is 8.24. The van der Waals surface area contributed by atoms with Gasteiger partial charge in [-0.15, -0.1) is 0 Å². The van der Waals surface area contributed by atoms with Crippen LogP contribution in [0.1, 0.15) is 70.8 Å². The SMILES string of the molecule is CCC(CC)COc1ccc(CNC(CC(=O)NC)C2CCCCC2)cc1OC. The number of ether oxygens (including phenoxy) is 2. The van der Waals surface area contributed by atoms with Gasteiger partial charge in [-0.1, -0.05) is 52.0 Å². The van der Waals surface area contributed by atoms with Gasteiger partial charge in [-0.2, -0.15) is 0 Å². The smallest absolute Gasteiger partial charge is 0.221 e. The maximum Gasteiger partial charge on any atom is 0.221 e. The first-order valence-corrected chi connectivity index (χ1v) is 11.3. The van der Waals surface area contributed by atoms with E-state index in [-0.39, 0.29) is 11.9 Å². The monoisotopic (exact) mass is 404 g/mol. The van der Waals surface area contributed by atoms with Crippen LogP contribution in [0.4, 0.5) is 0 Å². The normalized spacial score (nSPS) is 15.9. The molecule has 1 aromatic rings. The van der Waals surface area contributed by atoms with Crippen LogP contribution in [0, 0.1) is 11.8 Å². The van der Waals surface area contributed by atoms with Gasteiger partial charge in [-0.05, 0) is 42.4 Å². The van der Waals surface area contributed by atoms with Crippen molar-refractivity contribution in [3.05, 3.63) is 23.8 Å². The van der Waals surface area contributed by atoms with Crippen LogP contribution in [0.2, 0.25) is 0 Å². The maximum absolute atomic E-state index is 12.0. The van der Waals surface area contributed by atoms with Crippen molar-refractivity contribution in [1.82, 2.24) is 10.6 Å². The Morgan fingerprint density at radius 1 is 1.14 bits per heavy atom. The van der Waals surface area contributed by atoms with Crippen molar-refractivity contribution in [3.8, 4) is 11.5 Å². The molecule has 1 amide bonds. The van der Waals surface area contributed by atoms with Gasteiger partial charge in [0.05, 0.1) is 13.7 Å². The molecule has 1 unspecified atom stereocenters. The molecule has 0 radical (unpaired) electrons. The van der Waals surface area contributed by atoms with Gasteiger partial charge in [-0.3, -0.25) is 4.79 Å². The second kappa shape index (κ2) is 12.7. The number of carbonyl (C=O) groups is 1. The van der Waals surface area contributed by atoms with E-state index in [0.717, 1.165) is 43.1 Å². The molecule has 2 rings (SSSR count). The summed E-state index contributed by atoms with van der Waals surface area (Å²) >= 11 is 0. The van der Waals surface area contributed by atoms with Crippen LogP contribution in [-0.2, 0) is 11.3 Å². The van der Waals surface area contributed by atoms with E-state index in [4.69, 9.17) is 9.47 Å². The average Bonchev–Trinajstić information content (AvgIpc) is 2.78. The van der Waals surface area contributed by atoms with Crippen molar-refractivity contribution in [1.29, 1.82) is 0 Å². The first kappa shape index (κ1) is 23.5. The van der Waals surface area contributed by atoms with Crippen LogP contribution < -0.4 is 20.1 Å². The number of hydrogen-bond acceptors (Lipinski definition) is 4. The molecule has 1 atom stereocenters. The van der Waals surface area contributed by atoms with Gasteiger partial charge in [0.1, 0.15) is 0 Å². The highest BCUT2D eigenvalue weighted by Gasteiger charge is 2.25. The van der Waals surface area contributed by atoms with Crippen molar-refractivity contribution in [3.63, 3.8) is 0 Å². The van der Waals surface area contributed by atoms with E-state index >= 15 is 0 Å². The van der Waals surface area contributed by atoms with Gasteiger partial charge < -0.3 is 20.1 Å². The molecule has 0 aliphatic heterocycles. The van der Waals surface area contributed by atoms with Gasteiger partial charge >= 0.3 is 0 Å². The number of methoxy groups -OCH3 is 1. The summed E-state index contributed by atoms with van der Waals surface area (Å²) in [6.45, 7) is 5.84. The van der Waals surface area contributed by atoms with Gasteiger partial charge in [0, 0.05) is 26.1 Å². The maximum atomic E-state index is 12.0. The van der Waals surface area contributed by atoms with E-state index in [0.29, 0.717) is 18.3 Å². The topological polar surface area (TPSA) is 59.6 Å². The third-order valence-corrected chi connectivity index (χ3v) is 6.33. The van der Waals surface area contributed by atoms with E-state index < -0.39 is 0 Å². The van der Waals surface area contributed by atoms with Gasteiger partial charge in [0.2, 0.25) is 5.91 Å². The van der Waals surface area contributed by atoms with Crippen LogP contribution in [0.5, 0.6) is 11.5 Å². The van der Waals surface area contributed by atoms with Crippen molar-refractivity contribution >= 4 is 5.91 Å².